The molecule has 0 spiro atoms. The molecule has 1 aromatic heterocycles. The molecular weight excluding hydrogens is 289 g/mol. The fraction of sp³-hybridized carbons (Fsp3) is 0.150. The van der Waals surface area contributed by atoms with E-state index in [0.29, 0.717) is 12.0 Å². The van der Waals surface area contributed by atoms with Crippen LogP contribution in [0.3, 0.4) is 0 Å². The number of nitrogens with zero attached hydrogens (tertiary/aromatic N) is 1. The van der Waals surface area contributed by atoms with E-state index in [-0.39, 0.29) is 5.82 Å². The second-order valence-corrected chi connectivity index (χ2v) is 5.59. The molecule has 2 aromatic carbocycles. The summed E-state index contributed by atoms with van der Waals surface area (Å²) in [5.74, 6) is 2.07. The summed E-state index contributed by atoms with van der Waals surface area (Å²) in [6.45, 7) is 1.75. The Kier molecular flexibility index (Phi) is 4.10. The molecule has 114 valence electrons. The molecule has 1 atom stereocenters. The molecule has 1 N–H and O–H groups in total. The third-order valence-corrected chi connectivity index (χ3v) is 3.88. The average Bonchev–Trinajstić information content (AvgIpc) is 2.56. The number of aliphatic hydroxyl groups is 1. The van der Waals surface area contributed by atoms with Crippen LogP contribution in [0.15, 0.2) is 48.7 Å². The predicted molar refractivity (Wildman–Crippen MR) is 90.4 cm³/mol. The highest BCUT2D eigenvalue weighted by Crippen LogP contribution is 2.26. The molecular formula is C20H16FNO. The van der Waals surface area contributed by atoms with Gasteiger partial charge in [-0.2, -0.15) is 0 Å². The molecule has 0 fully saturated rings. The first-order valence-electron chi connectivity index (χ1n) is 7.36. The van der Waals surface area contributed by atoms with Crippen molar-refractivity contribution < 1.29 is 9.50 Å². The van der Waals surface area contributed by atoms with Crippen LogP contribution >= 0.6 is 0 Å². The molecule has 0 saturated carbocycles. The standard InChI is InChI=1S/C20H16FNO/c1-3-19(23)11-18-9-15-7-6-14(8-17(15)12-22-18)16-5-4-13(2)20(21)10-16/h1,4-10,12,19,23H,11H2,2H3. The highest BCUT2D eigenvalue weighted by atomic mass is 19.1. The van der Waals surface area contributed by atoms with Crippen molar-refractivity contribution >= 4 is 10.8 Å². The number of benzene rings is 2. The summed E-state index contributed by atoms with van der Waals surface area (Å²) in [7, 11) is 0. The Balaban J connectivity index is 1.98. The van der Waals surface area contributed by atoms with Crippen LogP contribution in [0.25, 0.3) is 21.9 Å². The summed E-state index contributed by atoms with van der Waals surface area (Å²) in [6, 6.07) is 13.0. The lowest BCUT2D eigenvalue weighted by atomic mass is 10.0. The molecule has 0 amide bonds. The van der Waals surface area contributed by atoms with E-state index >= 15 is 0 Å². The van der Waals surface area contributed by atoms with Gasteiger partial charge in [-0.1, -0.05) is 30.2 Å². The van der Waals surface area contributed by atoms with E-state index in [2.05, 4.69) is 10.9 Å². The van der Waals surface area contributed by atoms with Crippen molar-refractivity contribution in [3.63, 3.8) is 0 Å². The second kappa shape index (κ2) is 6.20. The molecule has 0 aliphatic carbocycles. The lowest BCUT2D eigenvalue weighted by Crippen LogP contribution is -2.07. The van der Waals surface area contributed by atoms with Crippen LogP contribution in [-0.2, 0) is 6.42 Å². The maximum atomic E-state index is 13.7. The summed E-state index contributed by atoms with van der Waals surface area (Å²) in [6.07, 6.45) is 6.44. The highest BCUT2D eigenvalue weighted by Gasteiger charge is 2.06. The van der Waals surface area contributed by atoms with E-state index in [1.165, 1.54) is 0 Å². The van der Waals surface area contributed by atoms with E-state index in [1.54, 1.807) is 25.3 Å². The highest BCUT2D eigenvalue weighted by molar-refractivity contribution is 5.87. The van der Waals surface area contributed by atoms with Gasteiger partial charge in [0.15, 0.2) is 0 Å². The third kappa shape index (κ3) is 3.23. The molecule has 0 bridgehead atoms. The van der Waals surface area contributed by atoms with Gasteiger partial charge in [0.05, 0.1) is 0 Å². The Labute approximate surface area is 134 Å². The van der Waals surface area contributed by atoms with Crippen LogP contribution < -0.4 is 0 Å². The molecule has 2 nitrogen and oxygen atoms in total. The predicted octanol–water partition coefficient (Wildman–Crippen LogP) is 3.89. The smallest absolute Gasteiger partial charge is 0.126 e. The lowest BCUT2D eigenvalue weighted by Gasteiger charge is -2.08. The second-order valence-electron chi connectivity index (χ2n) is 5.59. The van der Waals surface area contributed by atoms with Gasteiger partial charge in [-0.05, 0) is 47.2 Å². The minimum absolute atomic E-state index is 0.209. The Morgan fingerprint density at radius 2 is 1.87 bits per heavy atom. The summed E-state index contributed by atoms with van der Waals surface area (Å²) in [4.78, 5) is 4.33. The number of halogens is 1. The van der Waals surface area contributed by atoms with Crippen molar-refractivity contribution in [2.24, 2.45) is 0 Å². The van der Waals surface area contributed by atoms with Crippen molar-refractivity contribution in [2.45, 2.75) is 19.4 Å². The van der Waals surface area contributed by atoms with E-state index in [4.69, 9.17) is 6.42 Å². The topological polar surface area (TPSA) is 33.1 Å². The van der Waals surface area contributed by atoms with E-state index < -0.39 is 6.10 Å². The third-order valence-electron chi connectivity index (χ3n) is 3.88. The molecule has 0 radical (unpaired) electrons. The van der Waals surface area contributed by atoms with Gasteiger partial charge >= 0.3 is 0 Å². The largest absolute Gasteiger partial charge is 0.380 e. The van der Waals surface area contributed by atoms with Crippen LogP contribution in [0, 0.1) is 25.1 Å². The van der Waals surface area contributed by atoms with Crippen LogP contribution in [0.4, 0.5) is 4.39 Å². The van der Waals surface area contributed by atoms with Gasteiger partial charge < -0.3 is 5.11 Å². The number of fused-ring (bicyclic) bond motifs is 1. The van der Waals surface area contributed by atoms with Crippen LogP contribution in [0.1, 0.15) is 11.3 Å². The van der Waals surface area contributed by atoms with Crippen molar-refractivity contribution in [1.82, 2.24) is 4.98 Å². The van der Waals surface area contributed by atoms with Gasteiger partial charge in [-0.3, -0.25) is 4.98 Å². The Hall–Kier alpha value is -2.70. The van der Waals surface area contributed by atoms with Gasteiger partial charge in [-0.25, -0.2) is 4.39 Å². The molecule has 1 heterocycles. The molecule has 3 rings (SSSR count). The molecule has 1 unspecified atom stereocenters. The van der Waals surface area contributed by atoms with Crippen molar-refractivity contribution in [1.29, 1.82) is 0 Å². The average molecular weight is 305 g/mol. The van der Waals surface area contributed by atoms with Crippen LogP contribution in [0.2, 0.25) is 0 Å². The van der Waals surface area contributed by atoms with Gasteiger partial charge in [-0.15, -0.1) is 6.42 Å². The number of pyridine rings is 1. The molecule has 3 heteroatoms. The molecule has 23 heavy (non-hydrogen) atoms. The SMILES string of the molecule is C#CC(O)Cc1cc2ccc(-c3ccc(C)c(F)c3)cc2cn1. The van der Waals surface area contributed by atoms with Gasteiger partial charge in [0.1, 0.15) is 11.9 Å². The number of hydrogen-bond donors (Lipinski definition) is 1. The van der Waals surface area contributed by atoms with Crippen LogP contribution in [0.5, 0.6) is 0 Å². The normalized spacial score (nSPS) is 12.1. The fourth-order valence-corrected chi connectivity index (χ4v) is 2.51. The first kappa shape index (κ1) is 15.2. The maximum Gasteiger partial charge on any atom is 0.126 e. The maximum absolute atomic E-state index is 13.7. The summed E-state index contributed by atoms with van der Waals surface area (Å²) >= 11 is 0. The minimum atomic E-state index is -0.824. The van der Waals surface area contributed by atoms with Gasteiger partial charge in [0.2, 0.25) is 0 Å². The number of aromatic nitrogens is 1. The summed E-state index contributed by atoms with van der Waals surface area (Å²) < 4.78 is 13.7. The Bertz CT molecular complexity index is 911. The zero-order valence-electron chi connectivity index (χ0n) is 12.8. The van der Waals surface area contributed by atoms with Gasteiger partial charge in [0.25, 0.3) is 0 Å². The number of rotatable bonds is 3. The van der Waals surface area contributed by atoms with E-state index in [1.807, 2.05) is 30.3 Å². The quantitative estimate of drug-likeness (QED) is 0.745. The van der Waals surface area contributed by atoms with Crippen molar-refractivity contribution in [2.75, 3.05) is 0 Å². The monoisotopic (exact) mass is 305 g/mol. The number of hydrogen-bond acceptors (Lipinski definition) is 2. The molecule has 0 aliphatic heterocycles. The minimum Gasteiger partial charge on any atom is -0.380 e. The lowest BCUT2D eigenvalue weighted by molar-refractivity contribution is 0.232. The zero-order chi connectivity index (χ0) is 16.4. The Morgan fingerprint density at radius 3 is 2.61 bits per heavy atom. The number of terminal acetylenes is 1. The number of aryl methyl sites for hydroxylation is 1. The number of aliphatic hydroxyl groups excluding tert-OH is 1. The van der Waals surface area contributed by atoms with Gasteiger partial charge in [0, 0.05) is 23.7 Å². The van der Waals surface area contributed by atoms with E-state index in [0.717, 1.165) is 27.6 Å². The van der Waals surface area contributed by atoms with Crippen molar-refractivity contribution in [3.05, 3.63) is 65.7 Å². The summed E-state index contributed by atoms with van der Waals surface area (Å²) in [5.41, 5.74) is 3.15. The molecule has 3 aromatic rings. The van der Waals surface area contributed by atoms with Crippen LogP contribution in [-0.4, -0.2) is 16.2 Å². The fourth-order valence-electron chi connectivity index (χ4n) is 2.51. The molecule has 0 aliphatic rings. The zero-order valence-corrected chi connectivity index (χ0v) is 12.8. The first-order chi connectivity index (χ1) is 11.1. The summed E-state index contributed by atoms with van der Waals surface area (Å²) in [5, 5.41) is 11.5. The first-order valence-corrected chi connectivity index (χ1v) is 7.36. The van der Waals surface area contributed by atoms with Crippen molar-refractivity contribution in [3.8, 4) is 23.5 Å². The van der Waals surface area contributed by atoms with E-state index in [9.17, 15) is 9.50 Å². The Morgan fingerprint density at radius 1 is 1.13 bits per heavy atom. The molecule has 0 saturated heterocycles.